The number of hydrogen-bond donors (Lipinski definition) is 1. The van der Waals surface area contributed by atoms with Crippen molar-refractivity contribution < 1.29 is 13.6 Å². The Hall–Kier alpha value is -1.93. The number of furan rings is 1. The van der Waals surface area contributed by atoms with Gasteiger partial charge in [-0.2, -0.15) is 0 Å². The molecule has 8 heteroatoms. The first-order valence-electron chi connectivity index (χ1n) is 5.16. The zero-order chi connectivity index (χ0) is 13.2. The lowest BCUT2D eigenvalue weighted by molar-refractivity contribution is 0.0994. The van der Waals surface area contributed by atoms with Gasteiger partial charge < -0.3 is 8.83 Å². The number of hydrogen-bond acceptors (Lipinski definition) is 6. The summed E-state index contributed by atoms with van der Waals surface area (Å²) in [7, 11) is 0. The molecule has 6 nitrogen and oxygen atoms in total. The SMILES string of the molecule is O=C(Nc1nnc(-c2ccc(Br)s2)o1)c1ccco1. The van der Waals surface area contributed by atoms with Crippen molar-refractivity contribution in [1.29, 1.82) is 0 Å². The zero-order valence-electron chi connectivity index (χ0n) is 9.29. The molecule has 1 N–H and O–H groups in total. The fourth-order valence-electron chi connectivity index (χ4n) is 1.37. The number of nitrogens with one attached hydrogen (secondary N) is 1. The lowest BCUT2D eigenvalue weighted by atomic mass is 10.4. The third-order valence-electron chi connectivity index (χ3n) is 2.17. The number of anilines is 1. The average Bonchev–Trinajstić information content (AvgIpc) is 3.07. The number of carbonyl (C=O) groups is 1. The number of carbonyl (C=O) groups excluding carboxylic acids is 1. The van der Waals surface area contributed by atoms with Crippen molar-refractivity contribution in [1.82, 2.24) is 10.2 Å². The first-order valence-corrected chi connectivity index (χ1v) is 6.77. The summed E-state index contributed by atoms with van der Waals surface area (Å²) in [5.74, 6) is 0.0941. The third-order valence-corrected chi connectivity index (χ3v) is 3.79. The molecule has 3 heterocycles. The number of halogens is 1. The Labute approximate surface area is 119 Å². The van der Waals surface area contributed by atoms with Crippen molar-refractivity contribution in [2.75, 3.05) is 5.32 Å². The monoisotopic (exact) mass is 339 g/mol. The Bertz CT molecular complexity index is 704. The second-order valence-corrected chi connectivity index (χ2v) is 5.91. The molecular weight excluding hydrogens is 334 g/mol. The molecule has 3 aromatic heterocycles. The molecule has 0 aliphatic rings. The summed E-state index contributed by atoms with van der Waals surface area (Å²) >= 11 is 4.81. The predicted octanol–water partition coefficient (Wildman–Crippen LogP) is 3.41. The van der Waals surface area contributed by atoms with Gasteiger partial charge in [-0.3, -0.25) is 10.1 Å². The molecule has 0 saturated carbocycles. The van der Waals surface area contributed by atoms with E-state index in [0.717, 1.165) is 8.66 Å². The Kier molecular flexibility index (Phi) is 3.18. The van der Waals surface area contributed by atoms with Crippen LogP contribution in [0.2, 0.25) is 0 Å². The molecule has 0 spiro atoms. The van der Waals surface area contributed by atoms with Crippen molar-refractivity contribution in [2.24, 2.45) is 0 Å². The van der Waals surface area contributed by atoms with Gasteiger partial charge in [-0.05, 0) is 40.2 Å². The van der Waals surface area contributed by atoms with Gasteiger partial charge in [-0.1, -0.05) is 5.10 Å². The molecule has 0 aliphatic heterocycles. The minimum Gasteiger partial charge on any atom is -0.459 e. The first kappa shape index (κ1) is 12.1. The Balaban J connectivity index is 1.77. The second kappa shape index (κ2) is 4.98. The summed E-state index contributed by atoms with van der Waals surface area (Å²) in [6.07, 6.45) is 1.41. The van der Waals surface area contributed by atoms with Crippen LogP contribution >= 0.6 is 27.3 Å². The lowest BCUT2D eigenvalue weighted by Crippen LogP contribution is -2.10. The Morgan fingerprint density at radius 1 is 1.32 bits per heavy atom. The molecule has 0 bridgehead atoms. The van der Waals surface area contributed by atoms with Crippen LogP contribution in [0.1, 0.15) is 10.6 Å². The normalized spacial score (nSPS) is 10.6. The molecular formula is C11H6BrN3O3S. The van der Waals surface area contributed by atoms with Crippen LogP contribution in [0.3, 0.4) is 0 Å². The molecule has 96 valence electrons. The first-order chi connectivity index (χ1) is 9.22. The molecule has 0 aliphatic carbocycles. The summed E-state index contributed by atoms with van der Waals surface area (Å²) < 4.78 is 11.3. The maximum absolute atomic E-state index is 11.7. The zero-order valence-corrected chi connectivity index (χ0v) is 11.7. The topological polar surface area (TPSA) is 81.2 Å². The molecule has 0 aromatic carbocycles. The van der Waals surface area contributed by atoms with Crippen LogP contribution in [0.25, 0.3) is 10.8 Å². The van der Waals surface area contributed by atoms with Gasteiger partial charge >= 0.3 is 6.01 Å². The number of amides is 1. The van der Waals surface area contributed by atoms with Crippen LogP contribution in [-0.2, 0) is 0 Å². The van der Waals surface area contributed by atoms with E-state index < -0.39 is 5.91 Å². The van der Waals surface area contributed by atoms with Gasteiger partial charge in [0.25, 0.3) is 11.8 Å². The highest BCUT2D eigenvalue weighted by molar-refractivity contribution is 9.11. The molecule has 0 fully saturated rings. The van der Waals surface area contributed by atoms with Crippen molar-refractivity contribution in [3.8, 4) is 10.8 Å². The van der Waals surface area contributed by atoms with Gasteiger partial charge in [0.2, 0.25) is 0 Å². The summed E-state index contributed by atoms with van der Waals surface area (Å²) in [4.78, 5) is 12.5. The van der Waals surface area contributed by atoms with Crippen LogP contribution in [0.15, 0.2) is 43.1 Å². The summed E-state index contributed by atoms with van der Waals surface area (Å²) in [6.45, 7) is 0. The van der Waals surface area contributed by atoms with Gasteiger partial charge in [-0.25, -0.2) is 0 Å². The number of nitrogens with zero attached hydrogens (tertiary/aromatic N) is 2. The van der Waals surface area contributed by atoms with Crippen molar-refractivity contribution in [3.63, 3.8) is 0 Å². The largest absolute Gasteiger partial charge is 0.459 e. The van der Waals surface area contributed by atoms with E-state index >= 15 is 0 Å². The molecule has 0 atom stereocenters. The van der Waals surface area contributed by atoms with Gasteiger partial charge in [0.1, 0.15) is 0 Å². The maximum Gasteiger partial charge on any atom is 0.322 e. The van der Waals surface area contributed by atoms with Gasteiger partial charge in [0, 0.05) is 0 Å². The van der Waals surface area contributed by atoms with E-state index in [0.29, 0.717) is 5.89 Å². The summed E-state index contributed by atoms with van der Waals surface area (Å²) in [6, 6.07) is 6.92. The highest BCUT2D eigenvalue weighted by atomic mass is 79.9. The molecule has 3 aromatic rings. The van der Waals surface area contributed by atoms with Gasteiger partial charge in [0.05, 0.1) is 14.9 Å². The van der Waals surface area contributed by atoms with E-state index in [1.54, 1.807) is 12.1 Å². The minimum absolute atomic E-state index is 0.0286. The lowest BCUT2D eigenvalue weighted by Gasteiger charge is -1.95. The highest BCUT2D eigenvalue weighted by Crippen LogP contribution is 2.30. The maximum atomic E-state index is 11.7. The second-order valence-electron chi connectivity index (χ2n) is 3.45. The minimum atomic E-state index is -0.437. The van der Waals surface area contributed by atoms with Crippen molar-refractivity contribution in [2.45, 2.75) is 0 Å². The van der Waals surface area contributed by atoms with E-state index in [2.05, 4.69) is 31.4 Å². The van der Waals surface area contributed by atoms with E-state index in [1.807, 2.05) is 12.1 Å². The fraction of sp³-hybridized carbons (Fsp3) is 0. The highest BCUT2D eigenvalue weighted by Gasteiger charge is 2.15. The van der Waals surface area contributed by atoms with Crippen molar-refractivity contribution >= 4 is 39.2 Å². The standard InChI is InChI=1S/C11H6BrN3O3S/c12-8-4-3-7(19-8)10-14-15-11(18-10)13-9(16)6-2-1-5-17-6/h1-5H,(H,13,15,16). The molecule has 19 heavy (non-hydrogen) atoms. The van der Waals surface area contributed by atoms with E-state index in [-0.39, 0.29) is 11.8 Å². The Morgan fingerprint density at radius 2 is 2.21 bits per heavy atom. The summed E-state index contributed by atoms with van der Waals surface area (Å²) in [5.41, 5.74) is 0. The number of rotatable bonds is 3. The number of thiophene rings is 1. The van der Waals surface area contributed by atoms with Crippen LogP contribution in [0, 0.1) is 0 Å². The smallest absolute Gasteiger partial charge is 0.322 e. The molecule has 1 amide bonds. The van der Waals surface area contributed by atoms with Crippen LogP contribution in [0.5, 0.6) is 0 Å². The number of aromatic nitrogens is 2. The molecule has 0 unspecified atom stereocenters. The Morgan fingerprint density at radius 3 is 2.89 bits per heavy atom. The van der Waals surface area contributed by atoms with Gasteiger partial charge in [-0.15, -0.1) is 16.4 Å². The quantitative estimate of drug-likeness (QED) is 0.790. The average molecular weight is 340 g/mol. The summed E-state index contributed by atoms with van der Waals surface area (Å²) in [5, 5.41) is 10.1. The molecule has 0 radical (unpaired) electrons. The van der Waals surface area contributed by atoms with E-state index in [9.17, 15) is 4.79 Å². The van der Waals surface area contributed by atoms with Crippen LogP contribution < -0.4 is 5.32 Å². The van der Waals surface area contributed by atoms with Crippen molar-refractivity contribution in [3.05, 3.63) is 40.1 Å². The molecule has 0 saturated heterocycles. The van der Waals surface area contributed by atoms with Gasteiger partial charge in [0.15, 0.2) is 5.76 Å². The predicted molar refractivity (Wildman–Crippen MR) is 72.0 cm³/mol. The van der Waals surface area contributed by atoms with E-state index in [4.69, 9.17) is 8.83 Å². The van der Waals surface area contributed by atoms with Crippen LogP contribution in [0.4, 0.5) is 6.01 Å². The van der Waals surface area contributed by atoms with E-state index in [1.165, 1.54) is 17.6 Å². The molecule has 3 rings (SSSR count). The fourth-order valence-corrected chi connectivity index (χ4v) is 2.68. The van der Waals surface area contributed by atoms with Crippen LogP contribution in [-0.4, -0.2) is 16.1 Å². The third kappa shape index (κ3) is 2.59.